The number of nitrogens with two attached hydrogens (primary N) is 1. The molecule has 3 N–H and O–H groups in total. The Balaban J connectivity index is 3.45. The van der Waals surface area contributed by atoms with E-state index in [1.54, 1.807) is 6.92 Å². The fraction of sp³-hybridized carbons (Fsp3) is 0.941. The predicted octanol–water partition coefficient (Wildman–Crippen LogP) is 1.52. The van der Waals surface area contributed by atoms with Gasteiger partial charge in [0.1, 0.15) is 6.17 Å². The van der Waals surface area contributed by atoms with Crippen molar-refractivity contribution in [1.82, 2.24) is 4.90 Å². The van der Waals surface area contributed by atoms with E-state index in [0.29, 0.717) is 52.8 Å². The standard InChI is InChI=1S/C17H35FN2O6/c1-14(15(18)13-19)26-12-11-25-10-9-24-8-7-23-6-5-20(16(21)22)17(2,3)4/h14-15H,5-13,19H2,1-4H3,(H,21,22). The minimum Gasteiger partial charge on any atom is -0.465 e. The lowest BCUT2D eigenvalue weighted by Gasteiger charge is -2.32. The molecule has 0 radical (unpaired) electrons. The number of halogens is 1. The van der Waals surface area contributed by atoms with E-state index < -0.39 is 23.9 Å². The number of ether oxygens (including phenoxy) is 4. The lowest BCUT2D eigenvalue weighted by molar-refractivity contribution is -0.0332. The summed E-state index contributed by atoms with van der Waals surface area (Å²) in [5, 5.41) is 9.14. The van der Waals surface area contributed by atoms with E-state index in [-0.39, 0.29) is 6.54 Å². The highest BCUT2D eigenvalue weighted by molar-refractivity contribution is 5.65. The predicted molar refractivity (Wildman–Crippen MR) is 96.3 cm³/mol. The molecule has 0 aliphatic heterocycles. The third-order valence-corrected chi connectivity index (χ3v) is 3.59. The van der Waals surface area contributed by atoms with E-state index in [2.05, 4.69) is 0 Å². The highest BCUT2D eigenvalue weighted by atomic mass is 19.1. The van der Waals surface area contributed by atoms with Gasteiger partial charge in [-0.2, -0.15) is 0 Å². The van der Waals surface area contributed by atoms with Gasteiger partial charge in [0.25, 0.3) is 0 Å². The summed E-state index contributed by atoms with van der Waals surface area (Å²) in [6, 6.07) is 0. The molecule has 0 aliphatic carbocycles. The van der Waals surface area contributed by atoms with Crippen molar-refractivity contribution in [3.8, 4) is 0 Å². The second-order valence-corrected chi connectivity index (χ2v) is 6.77. The molecule has 156 valence electrons. The molecule has 0 aliphatic rings. The van der Waals surface area contributed by atoms with Crippen LogP contribution < -0.4 is 5.73 Å². The van der Waals surface area contributed by atoms with Crippen molar-refractivity contribution >= 4 is 6.09 Å². The average Bonchev–Trinajstić information content (AvgIpc) is 2.56. The first-order chi connectivity index (χ1) is 12.2. The van der Waals surface area contributed by atoms with Crippen LogP contribution in [0.15, 0.2) is 0 Å². The SMILES string of the molecule is CC(OCCOCCOCCOCCN(C(=O)O)C(C)(C)C)C(F)CN. The van der Waals surface area contributed by atoms with Crippen LogP contribution in [0, 0.1) is 0 Å². The van der Waals surface area contributed by atoms with Gasteiger partial charge in [-0.05, 0) is 27.7 Å². The smallest absolute Gasteiger partial charge is 0.407 e. The van der Waals surface area contributed by atoms with Crippen LogP contribution in [0.3, 0.4) is 0 Å². The van der Waals surface area contributed by atoms with Crippen LogP contribution in [0.25, 0.3) is 0 Å². The number of alkyl halides is 1. The molecule has 0 aromatic heterocycles. The first-order valence-corrected chi connectivity index (χ1v) is 8.89. The van der Waals surface area contributed by atoms with Crippen molar-refractivity contribution in [2.45, 2.75) is 45.5 Å². The van der Waals surface area contributed by atoms with Crippen molar-refractivity contribution < 1.29 is 33.2 Å². The Morgan fingerprint density at radius 2 is 1.50 bits per heavy atom. The first kappa shape index (κ1) is 25.0. The minimum atomic E-state index is -1.16. The van der Waals surface area contributed by atoms with E-state index in [1.807, 2.05) is 20.8 Å². The fourth-order valence-electron chi connectivity index (χ4n) is 2.00. The number of amides is 1. The van der Waals surface area contributed by atoms with Crippen LogP contribution in [-0.4, -0.2) is 93.3 Å². The lowest BCUT2D eigenvalue weighted by atomic mass is 10.1. The third-order valence-electron chi connectivity index (χ3n) is 3.59. The maximum Gasteiger partial charge on any atom is 0.407 e. The molecule has 0 spiro atoms. The largest absolute Gasteiger partial charge is 0.465 e. The van der Waals surface area contributed by atoms with Gasteiger partial charge in [-0.15, -0.1) is 0 Å². The minimum absolute atomic E-state index is 0.0531. The maximum atomic E-state index is 13.1. The summed E-state index contributed by atoms with van der Waals surface area (Å²) in [6.45, 7) is 9.99. The molecular weight excluding hydrogens is 347 g/mol. The molecule has 2 unspecified atom stereocenters. The Kier molecular flexibility index (Phi) is 13.6. The third kappa shape index (κ3) is 12.4. The second kappa shape index (κ2) is 14.1. The Morgan fingerprint density at radius 1 is 1.04 bits per heavy atom. The zero-order valence-corrected chi connectivity index (χ0v) is 16.4. The van der Waals surface area contributed by atoms with E-state index in [4.69, 9.17) is 29.8 Å². The second-order valence-electron chi connectivity index (χ2n) is 6.77. The van der Waals surface area contributed by atoms with Crippen LogP contribution in [0.1, 0.15) is 27.7 Å². The van der Waals surface area contributed by atoms with Crippen LogP contribution in [0.2, 0.25) is 0 Å². The quantitative estimate of drug-likeness (QED) is 0.414. The molecule has 0 fully saturated rings. The lowest BCUT2D eigenvalue weighted by Crippen LogP contribution is -2.46. The molecular formula is C17H35FN2O6. The van der Waals surface area contributed by atoms with E-state index in [9.17, 15) is 9.18 Å². The molecule has 0 saturated heterocycles. The summed E-state index contributed by atoms with van der Waals surface area (Å²) in [7, 11) is 0. The Morgan fingerprint density at radius 3 is 1.92 bits per heavy atom. The molecule has 0 aromatic carbocycles. The molecule has 2 atom stereocenters. The molecule has 26 heavy (non-hydrogen) atoms. The van der Waals surface area contributed by atoms with Crippen molar-refractivity contribution in [3.63, 3.8) is 0 Å². The molecule has 0 aromatic rings. The summed E-state index contributed by atoms with van der Waals surface area (Å²) in [6.07, 6.45) is -2.66. The van der Waals surface area contributed by atoms with Crippen molar-refractivity contribution in [2.24, 2.45) is 5.73 Å². The first-order valence-electron chi connectivity index (χ1n) is 8.89. The highest BCUT2D eigenvalue weighted by Crippen LogP contribution is 2.12. The number of rotatable bonds is 15. The highest BCUT2D eigenvalue weighted by Gasteiger charge is 2.25. The van der Waals surface area contributed by atoms with E-state index >= 15 is 0 Å². The molecule has 0 rings (SSSR count). The zero-order valence-electron chi connectivity index (χ0n) is 16.4. The van der Waals surface area contributed by atoms with Gasteiger partial charge >= 0.3 is 6.09 Å². The number of hydrogen-bond donors (Lipinski definition) is 2. The van der Waals surface area contributed by atoms with Crippen LogP contribution in [-0.2, 0) is 18.9 Å². The van der Waals surface area contributed by atoms with Crippen molar-refractivity contribution in [1.29, 1.82) is 0 Å². The maximum absolute atomic E-state index is 13.1. The monoisotopic (exact) mass is 382 g/mol. The summed E-state index contributed by atoms with van der Waals surface area (Å²) in [5.74, 6) is 0. The summed E-state index contributed by atoms with van der Waals surface area (Å²) < 4.78 is 34.4. The Hall–Kier alpha value is -1.00. The Bertz CT molecular complexity index is 368. The van der Waals surface area contributed by atoms with Gasteiger partial charge in [0.2, 0.25) is 0 Å². The van der Waals surface area contributed by atoms with Gasteiger partial charge in [-0.3, -0.25) is 0 Å². The van der Waals surface area contributed by atoms with E-state index in [1.165, 1.54) is 4.90 Å². The van der Waals surface area contributed by atoms with Gasteiger partial charge in [0, 0.05) is 18.6 Å². The Labute approximate surface area is 155 Å². The van der Waals surface area contributed by atoms with Crippen molar-refractivity contribution in [2.75, 3.05) is 59.3 Å². The molecule has 0 bridgehead atoms. The van der Waals surface area contributed by atoms with Crippen LogP contribution in [0.5, 0.6) is 0 Å². The van der Waals surface area contributed by atoms with E-state index in [0.717, 1.165) is 0 Å². The summed E-state index contributed by atoms with van der Waals surface area (Å²) in [4.78, 5) is 12.5. The molecule has 8 nitrogen and oxygen atoms in total. The number of carboxylic acid groups (broad SMARTS) is 1. The van der Waals surface area contributed by atoms with Crippen molar-refractivity contribution in [3.05, 3.63) is 0 Å². The van der Waals surface area contributed by atoms with Gasteiger partial charge in [0.15, 0.2) is 0 Å². The number of hydrogen-bond acceptors (Lipinski definition) is 6. The number of nitrogens with zero attached hydrogens (tertiary/aromatic N) is 1. The zero-order chi connectivity index (χ0) is 20.0. The average molecular weight is 382 g/mol. The molecule has 9 heteroatoms. The normalized spacial score (nSPS) is 14.2. The van der Waals surface area contributed by atoms with Gasteiger partial charge < -0.3 is 34.7 Å². The van der Waals surface area contributed by atoms with Gasteiger partial charge in [-0.1, -0.05) is 0 Å². The van der Waals surface area contributed by atoms with Crippen LogP contribution >= 0.6 is 0 Å². The molecule has 0 saturated carbocycles. The fourth-order valence-corrected chi connectivity index (χ4v) is 2.00. The van der Waals surface area contributed by atoms with Gasteiger partial charge in [0.05, 0.1) is 52.4 Å². The topological polar surface area (TPSA) is 103 Å². The number of carbonyl (C=O) groups is 1. The van der Waals surface area contributed by atoms with Gasteiger partial charge in [-0.25, -0.2) is 9.18 Å². The summed E-state index contributed by atoms with van der Waals surface area (Å²) in [5.41, 5.74) is 4.75. The molecule has 1 amide bonds. The summed E-state index contributed by atoms with van der Waals surface area (Å²) >= 11 is 0. The van der Waals surface area contributed by atoms with Crippen LogP contribution in [0.4, 0.5) is 9.18 Å². The molecule has 0 heterocycles.